The van der Waals surface area contributed by atoms with Crippen LogP contribution in [-0.4, -0.2) is 16.6 Å². The summed E-state index contributed by atoms with van der Waals surface area (Å²) in [5.74, 6) is -0.662. The van der Waals surface area contributed by atoms with Crippen molar-refractivity contribution in [2.75, 3.05) is 5.88 Å². The third kappa shape index (κ3) is 2.27. The van der Waals surface area contributed by atoms with Gasteiger partial charge in [-0.2, -0.15) is 0 Å². The van der Waals surface area contributed by atoms with Crippen LogP contribution in [0.5, 0.6) is 0 Å². The molecular weight excluding hydrogens is 241 g/mol. The molecule has 4 nitrogen and oxygen atoms in total. The SMILES string of the molecule is Cc1ccc([N+](=O)[O-])c(Cl)c1C(=O)CCl. The van der Waals surface area contributed by atoms with Crippen molar-refractivity contribution in [3.63, 3.8) is 0 Å². The van der Waals surface area contributed by atoms with Gasteiger partial charge in [-0.15, -0.1) is 11.6 Å². The van der Waals surface area contributed by atoms with Crippen molar-refractivity contribution in [3.8, 4) is 0 Å². The van der Waals surface area contributed by atoms with Crippen LogP contribution in [-0.2, 0) is 0 Å². The number of carbonyl (C=O) groups is 1. The van der Waals surface area contributed by atoms with Crippen molar-refractivity contribution in [2.45, 2.75) is 6.92 Å². The van der Waals surface area contributed by atoms with Crippen LogP contribution in [0.25, 0.3) is 0 Å². The first kappa shape index (κ1) is 11.9. The second kappa shape index (κ2) is 4.59. The van der Waals surface area contributed by atoms with Crippen molar-refractivity contribution in [2.24, 2.45) is 0 Å². The van der Waals surface area contributed by atoms with Gasteiger partial charge < -0.3 is 0 Å². The third-order valence-corrected chi connectivity index (χ3v) is 2.55. The van der Waals surface area contributed by atoms with E-state index in [0.29, 0.717) is 5.56 Å². The number of nitro benzene ring substituents is 1. The van der Waals surface area contributed by atoms with Crippen LogP contribution in [0, 0.1) is 17.0 Å². The molecule has 0 aliphatic rings. The lowest BCUT2D eigenvalue weighted by Gasteiger charge is -2.05. The molecule has 1 rings (SSSR count). The van der Waals surface area contributed by atoms with Crippen molar-refractivity contribution in [3.05, 3.63) is 38.4 Å². The maximum Gasteiger partial charge on any atom is 0.288 e. The molecule has 15 heavy (non-hydrogen) atoms. The summed E-state index contributed by atoms with van der Waals surface area (Å²) in [4.78, 5) is 21.3. The third-order valence-electron chi connectivity index (χ3n) is 1.93. The largest absolute Gasteiger partial charge is 0.293 e. The molecule has 0 aliphatic carbocycles. The lowest BCUT2D eigenvalue weighted by molar-refractivity contribution is -0.384. The van der Waals surface area contributed by atoms with Crippen molar-refractivity contribution < 1.29 is 9.72 Å². The van der Waals surface area contributed by atoms with Gasteiger partial charge in [-0.25, -0.2) is 0 Å². The minimum atomic E-state index is -0.632. The van der Waals surface area contributed by atoms with E-state index < -0.39 is 10.7 Å². The van der Waals surface area contributed by atoms with E-state index in [1.807, 2.05) is 0 Å². The Bertz CT molecular complexity index is 432. The number of benzene rings is 1. The van der Waals surface area contributed by atoms with Gasteiger partial charge in [0, 0.05) is 11.6 Å². The minimum absolute atomic E-state index is 0.126. The monoisotopic (exact) mass is 247 g/mol. The Labute approximate surface area is 95.9 Å². The highest BCUT2D eigenvalue weighted by atomic mass is 35.5. The second-order valence-electron chi connectivity index (χ2n) is 2.90. The maximum absolute atomic E-state index is 11.4. The topological polar surface area (TPSA) is 60.2 Å². The number of carbonyl (C=O) groups excluding carboxylic acids is 1. The van der Waals surface area contributed by atoms with Crippen LogP contribution in [0.2, 0.25) is 5.02 Å². The fraction of sp³-hybridized carbons (Fsp3) is 0.222. The van der Waals surface area contributed by atoms with Gasteiger partial charge >= 0.3 is 0 Å². The molecule has 0 bridgehead atoms. The Morgan fingerprint density at radius 1 is 1.53 bits per heavy atom. The van der Waals surface area contributed by atoms with E-state index in [1.165, 1.54) is 12.1 Å². The van der Waals surface area contributed by atoms with Gasteiger partial charge in [-0.1, -0.05) is 17.7 Å². The first-order chi connectivity index (χ1) is 6.99. The zero-order valence-corrected chi connectivity index (χ0v) is 9.30. The first-order valence-corrected chi connectivity index (χ1v) is 4.93. The molecule has 0 radical (unpaired) electrons. The summed E-state index contributed by atoms with van der Waals surface area (Å²) in [6.07, 6.45) is 0. The van der Waals surface area contributed by atoms with Crippen LogP contribution in [0.3, 0.4) is 0 Å². The average molecular weight is 248 g/mol. The number of hydrogen-bond acceptors (Lipinski definition) is 3. The Morgan fingerprint density at radius 3 is 2.60 bits per heavy atom. The van der Waals surface area contributed by atoms with Crippen molar-refractivity contribution in [1.29, 1.82) is 0 Å². The number of nitro groups is 1. The van der Waals surface area contributed by atoms with Crippen LogP contribution in [0.15, 0.2) is 12.1 Å². The van der Waals surface area contributed by atoms with E-state index in [-0.39, 0.29) is 22.2 Å². The molecule has 0 saturated carbocycles. The molecule has 0 amide bonds. The van der Waals surface area contributed by atoms with Gasteiger partial charge in [0.25, 0.3) is 5.69 Å². The lowest BCUT2D eigenvalue weighted by atomic mass is 10.0. The first-order valence-electron chi connectivity index (χ1n) is 4.01. The molecule has 0 atom stereocenters. The average Bonchev–Trinajstić information content (AvgIpc) is 2.16. The summed E-state index contributed by atoms with van der Waals surface area (Å²) < 4.78 is 0. The van der Waals surface area contributed by atoms with E-state index in [1.54, 1.807) is 6.92 Å². The molecule has 0 heterocycles. The lowest BCUT2D eigenvalue weighted by Crippen LogP contribution is -2.05. The standard InChI is InChI=1S/C9H7Cl2NO3/c1-5-2-3-6(12(14)15)9(11)8(5)7(13)4-10/h2-3H,4H2,1H3. The molecule has 6 heteroatoms. The summed E-state index contributed by atoms with van der Waals surface area (Å²) in [6, 6.07) is 2.74. The van der Waals surface area contributed by atoms with Gasteiger partial charge in [0.1, 0.15) is 5.02 Å². The van der Waals surface area contributed by atoms with Crippen LogP contribution >= 0.6 is 23.2 Å². The number of nitrogens with zero attached hydrogens (tertiary/aromatic N) is 1. The number of alkyl halides is 1. The van der Waals surface area contributed by atoms with Gasteiger partial charge in [0.15, 0.2) is 5.78 Å². The quantitative estimate of drug-likeness (QED) is 0.357. The molecule has 0 N–H and O–H groups in total. The number of rotatable bonds is 3. The van der Waals surface area contributed by atoms with Crippen LogP contribution in [0.4, 0.5) is 5.69 Å². The van der Waals surface area contributed by atoms with Crippen molar-refractivity contribution in [1.82, 2.24) is 0 Å². The summed E-state index contributed by atoms with van der Waals surface area (Å²) >= 11 is 11.1. The minimum Gasteiger partial charge on any atom is -0.293 e. The Balaban J connectivity index is 3.43. The second-order valence-corrected chi connectivity index (χ2v) is 3.55. The number of aryl methyl sites for hydroxylation is 1. The molecule has 1 aromatic carbocycles. The van der Waals surface area contributed by atoms with Crippen molar-refractivity contribution >= 4 is 34.7 Å². The summed E-state index contributed by atoms with van der Waals surface area (Å²) in [5, 5.41) is 10.4. The number of hydrogen-bond donors (Lipinski definition) is 0. The highest BCUT2D eigenvalue weighted by Crippen LogP contribution is 2.30. The predicted molar refractivity (Wildman–Crippen MR) is 57.9 cm³/mol. The number of halogens is 2. The zero-order valence-electron chi connectivity index (χ0n) is 7.79. The fourth-order valence-electron chi connectivity index (χ4n) is 1.21. The predicted octanol–water partition coefficient (Wildman–Crippen LogP) is 2.98. The summed E-state index contributed by atoms with van der Waals surface area (Å²) in [6.45, 7) is 1.65. The molecule has 0 fully saturated rings. The molecule has 0 aliphatic heterocycles. The van der Waals surface area contributed by atoms with Gasteiger partial charge in [0.05, 0.1) is 10.8 Å². The summed E-state index contributed by atoms with van der Waals surface area (Å²) in [5.41, 5.74) is 0.424. The number of ketones is 1. The molecule has 0 saturated heterocycles. The van der Waals surface area contributed by atoms with E-state index in [0.717, 1.165) is 0 Å². The highest BCUT2D eigenvalue weighted by Gasteiger charge is 2.21. The maximum atomic E-state index is 11.4. The Morgan fingerprint density at radius 2 is 2.13 bits per heavy atom. The zero-order chi connectivity index (χ0) is 11.6. The van der Waals surface area contributed by atoms with Gasteiger partial charge in [-0.05, 0) is 12.5 Å². The molecule has 1 aromatic rings. The van der Waals surface area contributed by atoms with E-state index in [2.05, 4.69) is 0 Å². The molecular formula is C9H7Cl2NO3. The van der Waals surface area contributed by atoms with E-state index >= 15 is 0 Å². The fourth-order valence-corrected chi connectivity index (χ4v) is 1.73. The Kier molecular flexibility index (Phi) is 3.66. The van der Waals surface area contributed by atoms with Gasteiger partial charge in [-0.3, -0.25) is 14.9 Å². The molecule has 0 spiro atoms. The van der Waals surface area contributed by atoms with Crippen LogP contribution < -0.4 is 0 Å². The highest BCUT2D eigenvalue weighted by molar-refractivity contribution is 6.39. The van der Waals surface area contributed by atoms with E-state index in [9.17, 15) is 14.9 Å². The van der Waals surface area contributed by atoms with E-state index in [4.69, 9.17) is 23.2 Å². The Hall–Kier alpha value is -1.13. The van der Waals surface area contributed by atoms with Crippen LogP contribution in [0.1, 0.15) is 15.9 Å². The summed E-state index contributed by atoms with van der Waals surface area (Å²) in [7, 11) is 0. The normalized spacial score (nSPS) is 10.1. The molecule has 0 unspecified atom stereocenters. The smallest absolute Gasteiger partial charge is 0.288 e. The molecule has 80 valence electrons. The van der Waals surface area contributed by atoms with Gasteiger partial charge in [0.2, 0.25) is 0 Å². The molecule has 0 aromatic heterocycles. The number of Topliss-reactive ketones (excluding diaryl/α,β-unsaturated/α-hetero) is 1.